The van der Waals surface area contributed by atoms with E-state index >= 15 is 0 Å². The van der Waals surface area contributed by atoms with Crippen molar-refractivity contribution in [2.45, 2.75) is 26.9 Å². The second-order valence-corrected chi connectivity index (χ2v) is 3.47. The molecule has 0 amide bonds. The first-order valence-corrected chi connectivity index (χ1v) is 5.08. The van der Waals surface area contributed by atoms with Gasteiger partial charge in [0.1, 0.15) is 0 Å². The zero-order valence-electron chi connectivity index (χ0n) is 9.21. The number of benzene rings is 1. The van der Waals surface area contributed by atoms with Crippen LogP contribution in [-0.4, -0.2) is 13.2 Å². The average Bonchev–Trinajstić information content (AvgIpc) is 2.19. The number of hydrogen-bond acceptors (Lipinski definition) is 2. The number of rotatable bonds is 4. The summed E-state index contributed by atoms with van der Waals surface area (Å²) in [6.07, 6.45) is 0.0416. The van der Waals surface area contributed by atoms with Crippen molar-refractivity contribution >= 4 is 0 Å². The van der Waals surface area contributed by atoms with E-state index < -0.39 is 0 Å². The molecule has 0 aliphatic rings. The minimum atomic E-state index is 0.0416. The lowest BCUT2D eigenvalue weighted by molar-refractivity contribution is 0.0684. The largest absolute Gasteiger partial charge is 0.372 e. The molecular formula is C12H19NO. The smallest absolute Gasteiger partial charge is 0.0949 e. The lowest BCUT2D eigenvalue weighted by Crippen LogP contribution is -2.17. The van der Waals surface area contributed by atoms with Crippen molar-refractivity contribution in [2.24, 2.45) is 5.73 Å². The number of ether oxygens (including phenoxy) is 1. The van der Waals surface area contributed by atoms with Gasteiger partial charge in [0.05, 0.1) is 6.10 Å². The summed E-state index contributed by atoms with van der Waals surface area (Å²) in [7, 11) is 0. The Hall–Kier alpha value is -0.860. The molecule has 1 aromatic rings. The minimum absolute atomic E-state index is 0.0416. The van der Waals surface area contributed by atoms with Crippen LogP contribution in [0.25, 0.3) is 0 Å². The standard InChI is InChI=1S/C12H19NO/c1-4-14-12(8-13)11-7-5-6-9(2)10(11)3/h5-7,12H,4,8,13H2,1-3H3. The Morgan fingerprint density at radius 2 is 2.07 bits per heavy atom. The van der Waals surface area contributed by atoms with E-state index in [1.54, 1.807) is 0 Å². The Bertz CT molecular complexity index is 296. The Morgan fingerprint density at radius 3 is 2.64 bits per heavy atom. The molecule has 0 aromatic heterocycles. The van der Waals surface area contributed by atoms with E-state index in [1.807, 2.05) is 6.92 Å². The van der Waals surface area contributed by atoms with Crippen LogP contribution in [0.1, 0.15) is 29.7 Å². The molecule has 0 saturated heterocycles. The van der Waals surface area contributed by atoms with Crippen molar-refractivity contribution in [3.05, 3.63) is 34.9 Å². The van der Waals surface area contributed by atoms with Gasteiger partial charge in [-0.15, -0.1) is 0 Å². The maximum Gasteiger partial charge on any atom is 0.0949 e. The first kappa shape index (κ1) is 11.2. The van der Waals surface area contributed by atoms with Crippen LogP contribution in [0.5, 0.6) is 0 Å². The van der Waals surface area contributed by atoms with Gasteiger partial charge < -0.3 is 10.5 Å². The van der Waals surface area contributed by atoms with Crippen LogP contribution in [0.4, 0.5) is 0 Å². The summed E-state index contributed by atoms with van der Waals surface area (Å²) in [5, 5.41) is 0. The van der Waals surface area contributed by atoms with Crippen LogP contribution in [-0.2, 0) is 4.74 Å². The predicted molar refractivity (Wildman–Crippen MR) is 59.3 cm³/mol. The van der Waals surface area contributed by atoms with Crippen molar-refractivity contribution in [1.82, 2.24) is 0 Å². The molecule has 0 radical (unpaired) electrons. The highest BCUT2D eigenvalue weighted by atomic mass is 16.5. The van der Waals surface area contributed by atoms with E-state index in [0.717, 1.165) is 0 Å². The van der Waals surface area contributed by atoms with Crippen LogP contribution in [0, 0.1) is 13.8 Å². The Labute approximate surface area is 86.1 Å². The third kappa shape index (κ3) is 2.34. The third-order valence-electron chi connectivity index (χ3n) is 2.58. The molecule has 0 aliphatic heterocycles. The van der Waals surface area contributed by atoms with E-state index in [4.69, 9.17) is 10.5 Å². The highest BCUT2D eigenvalue weighted by molar-refractivity contribution is 5.34. The highest BCUT2D eigenvalue weighted by Gasteiger charge is 2.12. The number of nitrogens with two attached hydrogens (primary N) is 1. The second kappa shape index (κ2) is 5.13. The summed E-state index contributed by atoms with van der Waals surface area (Å²) < 4.78 is 5.59. The van der Waals surface area contributed by atoms with Gasteiger partial charge in [-0.3, -0.25) is 0 Å². The van der Waals surface area contributed by atoms with Crippen LogP contribution in [0.15, 0.2) is 18.2 Å². The van der Waals surface area contributed by atoms with Crippen LogP contribution in [0.2, 0.25) is 0 Å². The molecule has 1 aromatic carbocycles. The van der Waals surface area contributed by atoms with Crippen LogP contribution < -0.4 is 5.73 Å². The molecule has 2 N–H and O–H groups in total. The molecule has 0 fully saturated rings. The molecule has 1 unspecified atom stereocenters. The summed E-state index contributed by atoms with van der Waals surface area (Å²) in [6, 6.07) is 6.26. The van der Waals surface area contributed by atoms with Crippen LogP contribution in [0.3, 0.4) is 0 Å². The first-order valence-electron chi connectivity index (χ1n) is 5.08. The van der Waals surface area contributed by atoms with Gasteiger partial charge in [0.15, 0.2) is 0 Å². The molecule has 0 bridgehead atoms. The molecule has 0 spiro atoms. The van der Waals surface area contributed by atoms with E-state index in [0.29, 0.717) is 13.2 Å². The van der Waals surface area contributed by atoms with E-state index in [1.165, 1.54) is 16.7 Å². The van der Waals surface area contributed by atoms with Gasteiger partial charge in [-0.05, 0) is 37.5 Å². The van der Waals surface area contributed by atoms with Crippen molar-refractivity contribution in [2.75, 3.05) is 13.2 Å². The van der Waals surface area contributed by atoms with Crippen molar-refractivity contribution in [1.29, 1.82) is 0 Å². The normalized spacial score (nSPS) is 12.9. The summed E-state index contributed by atoms with van der Waals surface area (Å²) >= 11 is 0. The quantitative estimate of drug-likeness (QED) is 0.796. The third-order valence-corrected chi connectivity index (χ3v) is 2.58. The lowest BCUT2D eigenvalue weighted by atomic mass is 9.99. The molecule has 78 valence electrons. The topological polar surface area (TPSA) is 35.2 Å². The molecule has 0 heterocycles. The Balaban J connectivity index is 2.97. The zero-order chi connectivity index (χ0) is 10.6. The maximum absolute atomic E-state index is 5.68. The van der Waals surface area contributed by atoms with Crippen molar-refractivity contribution in [3.63, 3.8) is 0 Å². The molecule has 1 atom stereocenters. The van der Waals surface area contributed by atoms with Gasteiger partial charge in [0.25, 0.3) is 0 Å². The second-order valence-electron chi connectivity index (χ2n) is 3.47. The first-order chi connectivity index (χ1) is 6.70. The van der Waals surface area contributed by atoms with Crippen molar-refractivity contribution in [3.8, 4) is 0 Å². The zero-order valence-corrected chi connectivity index (χ0v) is 9.21. The lowest BCUT2D eigenvalue weighted by Gasteiger charge is -2.18. The van der Waals surface area contributed by atoms with Gasteiger partial charge in [0.2, 0.25) is 0 Å². The Kier molecular flexibility index (Phi) is 4.11. The average molecular weight is 193 g/mol. The van der Waals surface area contributed by atoms with Crippen LogP contribution >= 0.6 is 0 Å². The van der Waals surface area contributed by atoms with Gasteiger partial charge >= 0.3 is 0 Å². The molecule has 2 heteroatoms. The number of hydrogen-bond donors (Lipinski definition) is 1. The summed E-state index contributed by atoms with van der Waals surface area (Å²) in [5.74, 6) is 0. The van der Waals surface area contributed by atoms with E-state index in [-0.39, 0.29) is 6.10 Å². The summed E-state index contributed by atoms with van der Waals surface area (Å²) in [4.78, 5) is 0. The van der Waals surface area contributed by atoms with E-state index in [9.17, 15) is 0 Å². The Morgan fingerprint density at radius 1 is 1.36 bits per heavy atom. The van der Waals surface area contributed by atoms with Gasteiger partial charge in [-0.1, -0.05) is 18.2 Å². The molecule has 14 heavy (non-hydrogen) atoms. The monoisotopic (exact) mass is 193 g/mol. The summed E-state index contributed by atoms with van der Waals surface area (Å²) in [6.45, 7) is 7.46. The SMILES string of the molecule is CCOC(CN)c1cccc(C)c1C. The molecule has 2 nitrogen and oxygen atoms in total. The van der Waals surface area contributed by atoms with Gasteiger partial charge in [-0.2, -0.15) is 0 Å². The molecule has 0 aliphatic carbocycles. The molecule has 0 saturated carbocycles. The molecular weight excluding hydrogens is 174 g/mol. The predicted octanol–water partition coefficient (Wildman–Crippen LogP) is 2.34. The minimum Gasteiger partial charge on any atom is -0.372 e. The van der Waals surface area contributed by atoms with E-state index in [2.05, 4.69) is 32.0 Å². The van der Waals surface area contributed by atoms with Gasteiger partial charge in [0, 0.05) is 13.2 Å². The molecule has 1 rings (SSSR count). The fourth-order valence-electron chi connectivity index (χ4n) is 1.61. The maximum atomic E-state index is 5.68. The van der Waals surface area contributed by atoms with Crippen molar-refractivity contribution < 1.29 is 4.74 Å². The highest BCUT2D eigenvalue weighted by Crippen LogP contribution is 2.22. The fraction of sp³-hybridized carbons (Fsp3) is 0.500. The summed E-state index contributed by atoms with van der Waals surface area (Å²) in [5.41, 5.74) is 9.48. The number of aryl methyl sites for hydroxylation is 1. The fourth-order valence-corrected chi connectivity index (χ4v) is 1.61. The van der Waals surface area contributed by atoms with Gasteiger partial charge in [-0.25, -0.2) is 0 Å².